The summed E-state index contributed by atoms with van der Waals surface area (Å²) in [6, 6.07) is 0.679. The summed E-state index contributed by atoms with van der Waals surface area (Å²) in [7, 11) is 0.0264. The molecule has 2 nitrogen and oxygen atoms in total. The van der Waals surface area contributed by atoms with Crippen LogP contribution in [0.2, 0.25) is 0 Å². The second-order valence-corrected chi connectivity index (χ2v) is 4.66. The molecule has 4 heteroatoms. The Bertz CT molecular complexity index is 163. The highest BCUT2D eigenvalue weighted by Crippen LogP contribution is 2.32. The van der Waals surface area contributed by atoms with E-state index in [1.165, 1.54) is 0 Å². The van der Waals surface area contributed by atoms with E-state index in [9.17, 15) is 9.59 Å². The lowest BCUT2D eigenvalue weighted by Gasteiger charge is -1.94. The predicted molar refractivity (Wildman–Crippen MR) is 48.2 cm³/mol. The molecule has 2 atom stereocenters. The average molecular weight is 176 g/mol. The van der Waals surface area contributed by atoms with Gasteiger partial charge in [0.2, 0.25) is 0 Å². The van der Waals surface area contributed by atoms with Crippen LogP contribution in [0.5, 0.6) is 0 Å². The van der Waals surface area contributed by atoms with Crippen molar-refractivity contribution in [2.24, 2.45) is 0 Å². The predicted octanol–water partition coefficient (Wildman–Crippen LogP) is 2.58. The van der Waals surface area contributed by atoms with Crippen LogP contribution < -0.4 is 0 Å². The first-order valence-corrected chi connectivity index (χ1v) is 4.92. The average Bonchev–Trinajstić information content (AvgIpc) is 1.88. The second kappa shape index (κ2) is 5.70. The minimum Gasteiger partial charge on any atom is -0.298 e. The van der Waals surface area contributed by atoms with Crippen molar-refractivity contribution in [3.8, 4) is 0 Å². The SMILES string of the molecule is CC=C(C)PC(=O)PC=O. The molecule has 0 amide bonds. The van der Waals surface area contributed by atoms with Gasteiger partial charge in [-0.2, -0.15) is 0 Å². The van der Waals surface area contributed by atoms with Crippen LogP contribution in [-0.2, 0) is 4.79 Å². The van der Waals surface area contributed by atoms with Gasteiger partial charge in [-0.1, -0.05) is 6.08 Å². The van der Waals surface area contributed by atoms with Crippen molar-refractivity contribution < 1.29 is 9.59 Å². The van der Waals surface area contributed by atoms with Crippen molar-refractivity contribution in [1.82, 2.24) is 0 Å². The van der Waals surface area contributed by atoms with Gasteiger partial charge in [-0.3, -0.25) is 9.59 Å². The molecule has 0 radical (unpaired) electrons. The summed E-state index contributed by atoms with van der Waals surface area (Å²) >= 11 is 0. The van der Waals surface area contributed by atoms with Crippen LogP contribution in [0.3, 0.4) is 0 Å². The molecule has 56 valence electrons. The lowest BCUT2D eigenvalue weighted by atomic mass is 10.6. The van der Waals surface area contributed by atoms with Gasteiger partial charge in [0.15, 0.2) is 5.27 Å². The van der Waals surface area contributed by atoms with E-state index < -0.39 is 0 Å². The molecule has 0 N–H and O–H groups in total. The zero-order valence-electron chi connectivity index (χ0n) is 5.97. The van der Waals surface area contributed by atoms with Gasteiger partial charge in [0, 0.05) is 8.58 Å². The quantitative estimate of drug-likeness (QED) is 0.487. The maximum absolute atomic E-state index is 10.8. The molecule has 10 heavy (non-hydrogen) atoms. The van der Waals surface area contributed by atoms with Crippen LogP contribution in [0.1, 0.15) is 13.8 Å². The lowest BCUT2D eigenvalue weighted by Crippen LogP contribution is -1.73. The summed E-state index contributed by atoms with van der Waals surface area (Å²) < 4.78 is 0. The van der Waals surface area contributed by atoms with Crippen molar-refractivity contribution >= 4 is 28.5 Å². The Hall–Kier alpha value is -0.0600. The number of hydrogen-bond acceptors (Lipinski definition) is 2. The first kappa shape index (κ1) is 9.94. The minimum absolute atomic E-state index is 0.0469. The number of allylic oxidation sites excluding steroid dienone is 2. The van der Waals surface area contributed by atoms with Crippen molar-refractivity contribution in [1.29, 1.82) is 0 Å². The number of rotatable bonds is 4. The number of carbonyl (C=O) groups is 2. The Morgan fingerprint density at radius 1 is 1.50 bits per heavy atom. The van der Waals surface area contributed by atoms with Crippen molar-refractivity contribution in [3.05, 3.63) is 11.4 Å². The van der Waals surface area contributed by atoms with E-state index in [0.29, 0.717) is 6.03 Å². The third-order valence-electron chi connectivity index (χ3n) is 0.934. The molecule has 0 bridgehead atoms. The lowest BCUT2D eigenvalue weighted by molar-refractivity contribution is 0.276. The highest BCUT2D eigenvalue weighted by atomic mass is 31.1. The first-order valence-electron chi connectivity index (χ1n) is 2.84. The molecule has 0 aromatic carbocycles. The fourth-order valence-corrected chi connectivity index (χ4v) is 2.01. The molecule has 0 aromatic heterocycles. The molecular formula is C6H10O2P2. The molecule has 0 spiro atoms. The number of hydrogen-bond donors (Lipinski definition) is 0. The van der Waals surface area contributed by atoms with Crippen molar-refractivity contribution in [2.45, 2.75) is 13.8 Å². The zero-order valence-corrected chi connectivity index (χ0v) is 7.97. The molecule has 0 saturated heterocycles. The fraction of sp³-hybridized carbons (Fsp3) is 0.333. The van der Waals surface area contributed by atoms with Crippen LogP contribution >= 0.6 is 17.2 Å². The van der Waals surface area contributed by atoms with Crippen LogP contribution in [0.15, 0.2) is 11.4 Å². The normalized spacial score (nSPS) is 13.6. The van der Waals surface area contributed by atoms with Gasteiger partial charge in [0.25, 0.3) is 0 Å². The van der Waals surface area contributed by atoms with E-state index in [1.807, 2.05) is 19.9 Å². The Morgan fingerprint density at radius 3 is 2.50 bits per heavy atom. The Balaban J connectivity index is 3.68. The third-order valence-corrected chi connectivity index (χ3v) is 3.03. The van der Waals surface area contributed by atoms with Crippen LogP contribution in [-0.4, -0.2) is 11.3 Å². The highest BCUT2D eigenvalue weighted by Gasteiger charge is 1.99. The molecular weight excluding hydrogens is 166 g/mol. The topological polar surface area (TPSA) is 34.1 Å². The maximum atomic E-state index is 10.8. The summed E-state index contributed by atoms with van der Waals surface area (Å²) in [6.07, 6.45) is 1.89. The van der Waals surface area contributed by atoms with E-state index >= 15 is 0 Å². The largest absolute Gasteiger partial charge is 0.298 e. The van der Waals surface area contributed by atoms with Gasteiger partial charge in [-0.05, 0) is 27.7 Å². The van der Waals surface area contributed by atoms with Gasteiger partial charge in [0.05, 0.1) is 0 Å². The van der Waals surface area contributed by atoms with E-state index in [-0.39, 0.29) is 22.4 Å². The molecule has 0 aliphatic heterocycles. The smallest absolute Gasteiger partial charge is 0.180 e. The van der Waals surface area contributed by atoms with Crippen LogP contribution in [0.4, 0.5) is 4.79 Å². The monoisotopic (exact) mass is 176 g/mol. The molecule has 0 heterocycles. The maximum Gasteiger partial charge on any atom is 0.180 e. The van der Waals surface area contributed by atoms with E-state index in [1.54, 1.807) is 0 Å². The molecule has 0 aromatic rings. The summed E-state index contributed by atoms with van der Waals surface area (Å²) in [5, 5.41) is 1.10. The van der Waals surface area contributed by atoms with E-state index in [2.05, 4.69) is 0 Å². The summed E-state index contributed by atoms with van der Waals surface area (Å²) in [5.74, 6) is 0. The Kier molecular flexibility index (Phi) is 5.67. The molecule has 0 saturated carbocycles. The highest BCUT2D eigenvalue weighted by molar-refractivity contribution is 7.93. The van der Waals surface area contributed by atoms with Crippen molar-refractivity contribution in [2.75, 3.05) is 0 Å². The van der Waals surface area contributed by atoms with Crippen LogP contribution in [0, 0.1) is 0 Å². The van der Waals surface area contributed by atoms with Gasteiger partial charge >= 0.3 is 0 Å². The Labute approximate surface area is 64.0 Å². The van der Waals surface area contributed by atoms with Gasteiger partial charge in [-0.15, -0.1) is 0 Å². The van der Waals surface area contributed by atoms with Gasteiger partial charge < -0.3 is 0 Å². The first-order chi connectivity index (χ1) is 4.70. The van der Waals surface area contributed by atoms with Crippen molar-refractivity contribution in [3.63, 3.8) is 0 Å². The Morgan fingerprint density at radius 2 is 2.10 bits per heavy atom. The molecule has 2 unspecified atom stereocenters. The van der Waals surface area contributed by atoms with E-state index in [0.717, 1.165) is 5.31 Å². The summed E-state index contributed by atoms with van der Waals surface area (Å²) in [4.78, 5) is 20.6. The minimum atomic E-state index is -0.163. The second-order valence-electron chi connectivity index (χ2n) is 1.69. The van der Waals surface area contributed by atoms with Gasteiger partial charge in [0.1, 0.15) is 6.03 Å². The van der Waals surface area contributed by atoms with Gasteiger partial charge in [-0.25, -0.2) is 0 Å². The van der Waals surface area contributed by atoms with E-state index in [4.69, 9.17) is 0 Å². The molecule has 0 rings (SSSR count). The zero-order chi connectivity index (χ0) is 7.98. The number of carbonyl (C=O) groups excluding carboxylic acids is 2. The molecule has 0 aliphatic carbocycles. The molecule has 0 aliphatic rings. The third kappa shape index (κ3) is 4.78. The molecule has 0 fully saturated rings. The summed E-state index contributed by atoms with van der Waals surface area (Å²) in [6.45, 7) is 3.78. The van der Waals surface area contributed by atoms with Crippen LogP contribution in [0.25, 0.3) is 0 Å². The summed E-state index contributed by atoms with van der Waals surface area (Å²) in [5.41, 5.74) is 0. The standard InChI is InChI=1S/C6H10O2P2/c1-3-5(2)10-6(8)9-4-7/h3-4,9-10H,1-2H3. The fourth-order valence-electron chi connectivity index (χ4n) is 0.341.